The van der Waals surface area contributed by atoms with Crippen LogP contribution in [0, 0.1) is 10.1 Å². The number of ether oxygens (including phenoxy) is 2. The third kappa shape index (κ3) is 2.87. The molecule has 0 bridgehead atoms. The minimum atomic E-state index is -1.92. The van der Waals surface area contributed by atoms with E-state index in [2.05, 4.69) is 0 Å². The Balaban J connectivity index is 2.07. The summed E-state index contributed by atoms with van der Waals surface area (Å²) in [6.45, 7) is 1.48. The van der Waals surface area contributed by atoms with Gasteiger partial charge in [0, 0.05) is 12.1 Å². The number of rotatable bonds is 3. The topological polar surface area (TPSA) is 102 Å². The van der Waals surface area contributed by atoms with Crippen LogP contribution in [0.25, 0.3) is 0 Å². The van der Waals surface area contributed by atoms with Crippen LogP contribution in [0.1, 0.15) is 6.92 Å². The summed E-state index contributed by atoms with van der Waals surface area (Å²) in [4.78, 5) is 9.93. The molecule has 1 aromatic rings. The van der Waals surface area contributed by atoms with Crippen LogP contribution in [-0.4, -0.2) is 45.9 Å². The van der Waals surface area contributed by atoms with Crippen LogP contribution in [0.5, 0.6) is 5.75 Å². The minimum absolute atomic E-state index is 0.123. The molecule has 8 heteroatoms. The number of nitrogens with zero attached hydrogens (tertiary/aromatic N) is 1. The number of halogens is 1. The first-order chi connectivity index (χ1) is 9.40. The molecular weight excluding hydrogens is 273 g/mol. The lowest BCUT2D eigenvalue weighted by molar-refractivity contribution is -0.384. The van der Waals surface area contributed by atoms with E-state index in [0.717, 1.165) is 0 Å². The van der Waals surface area contributed by atoms with Crippen molar-refractivity contribution in [2.24, 2.45) is 0 Å². The molecule has 1 saturated heterocycles. The quantitative estimate of drug-likeness (QED) is 0.629. The Bertz CT molecular complexity index is 481. The molecule has 7 nitrogen and oxygen atoms in total. The second-order valence-electron chi connectivity index (χ2n) is 4.50. The molecule has 1 aliphatic heterocycles. The molecule has 0 radical (unpaired) electrons. The van der Waals surface area contributed by atoms with Crippen LogP contribution in [0.4, 0.5) is 10.1 Å². The fourth-order valence-electron chi connectivity index (χ4n) is 1.87. The molecule has 1 aliphatic rings. The Morgan fingerprint density at radius 3 is 2.45 bits per heavy atom. The fraction of sp³-hybridized carbons (Fsp3) is 0.500. The molecule has 1 fully saturated rings. The number of nitro benzene ring substituents is 1. The fourth-order valence-corrected chi connectivity index (χ4v) is 1.87. The van der Waals surface area contributed by atoms with E-state index in [1.165, 1.54) is 31.2 Å². The van der Waals surface area contributed by atoms with Crippen molar-refractivity contribution in [2.45, 2.75) is 37.7 Å². The van der Waals surface area contributed by atoms with Gasteiger partial charge in [-0.25, -0.2) is 4.39 Å². The molecule has 20 heavy (non-hydrogen) atoms. The lowest BCUT2D eigenvalue weighted by Gasteiger charge is -2.37. The normalized spacial score (nSPS) is 33.7. The minimum Gasteiger partial charge on any atom is -0.462 e. The maximum absolute atomic E-state index is 13.8. The molecule has 0 aromatic heterocycles. The van der Waals surface area contributed by atoms with Gasteiger partial charge in [0.15, 0.2) is 6.17 Å². The summed E-state index contributed by atoms with van der Waals surface area (Å²) in [5, 5.41) is 29.5. The average molecular weight is 287 g/mol. The van der Waals surface area contributed by atoms with E-state index >= 15 is 0 Å². The van der Waals surface area contributed by atoms with Gasteiger partial charge in [-0.3, -0.25) is 10.1 Å². The smallest absolute Gasteiger partial charge is 0.269 e. The van der Waals surface area contributed by atoms with Gasteiger partial charge in [-0.1, -0.05) is 0 Å². The number of nitro groups is 1. The van der Waals surface area contributed by atoms with E-state index in [1.807, 2.05) is 0 Å². The molecule has 0 unspecified atom stereocenters. The Morgan fingerprint density at radius 2 is 1.90 bits per heavy atom. The van der Waals surface area contributed by atoms with Gasteiger partial charge in [-0.15, -0.1) is 0 Å². The number of alkyl halides is 1. The van der Waals surface area contributed by atoms with Crippen molar-refractivity contribution in [3.05, 3.63) is 34.4 Å². The third-order valence-electron chi connectivity index (χ3n) is 3.07. The van der Waals surface area contributed by atoms with Crippen LogP contribution < -0.4 is 4.74 Å². The molecule has 2 N–H and O–H groups in total. The number of aliphatic hydroxyl groups excluding tert-OH is 2. The van der Waals surface area contributed by atoms with Crippen molar-refractivity contribution in [1.82, 2.24) is 0 Å². The first-order valence-corrected chi connectivity index (χ1v) is 5.97. The zero-order valence-electron chi connectivity index (χ0n) is 10.5. The highest BCUT2D eigenvalue weighted by molar-refractivity contribution is 5.36. The number of non-ortho nitro benzene ring substituents is 1. The second kappa shape index (κ2) is 5.70. The molecule has 0 spiro atoms. The van der Waals surface area contributed by atoms with Gasteiger partial charge >= 0.3 is 0 Å². The zero-order chi connectivity index (χ0) is 14.9. The van der Waals surface area contributed by atoms with Crippen molar-refractivity contribution < 1.29 is 29.0 Å². The Hall–Kier alpha value is -1.77. The van der Waals surface area contributed by atoms with E-state index in [0.29, 0.717) is 0 Å². The van der Waals surface area contributed by atoms with Crippen molar-refractivity contribution in [3.63, 3.8) is 0 Å². The molecule has 1 heterocycles. The van der Waals surface area contributed by atoms with Crippen molar-refractivity contribution in [2.75, 3.05) is 0 Å². The molecule has 0 saturated carbocycles. The molecule has 2 rings (SSSR count). The highest BCUT2D eigenvalue weighted by atomic mass is 19.1. The zero-order valence-corrected chi connectivity index (χ0v) is 10.5. The van der Waals surface area contributed by atoms with E-state index in [9.17, 15) is 24.7 Å². The Kier molecular flexibility index (Phi) is 4.17. The van der Waals surface area contributed by atoms with Gasteiger partial charge in [-0.2, -0.15) is 0 Å². The van der Waals surface area contributed by atoms with Crippen LogP contribution in [0.2, 0.25) is 0 Å². The standard InChI is InChI=1S/C12H14FNO6/c1-6-10(15)11(16)9(13)12(19-6)20-8-4-2-7(3-5-8)14(17)18/h2-6,9-12,15-16H,1H3/t6-,9-,10+,11-,12+/m0/s1. The summed E-state index contributed by atoms with van der Waals surface area (Å²) in [5.41, 5.74) is -0.123. The SMILES string of the molecule is C[C@@H]1O[C@H](Oc2ccc([N+](=O)[O-])cc2)[C@@H](F)[C@H](O)[C@@H]1O. The summed E-state index contributed by atoms with van der Waals surface area (Å²) in [5.74, 6) is 0.166. The monoisotopic (exact) mass is 287 g/mol. The largest absolute Gasteiger partial charge is 0.462 e. The molecule has 0 aliphatic carbocycles. The number of benzene rings is 1. The van der Waals surface area contributed by atoms with Crippen LogP contribution >= 0.6 is 0 Å². The van der Waals surface area contributed by atoms with Gasteiger partial charge in [0.1, 0.15) is 18.0 Å². The summed E-state index contributed by atoms with van der Waals surface area (Å²) in [6.07, 6.45) is -7.04. The maximum Gasteiger partial charge on any atom is 0.269 e. The first-order valence-electron chi connectivity index (χ1n) is 5.97. The molecule has 1 aromatic carbocycles. The van der Waals surface area contributed by atoms with Gasteiger partial charge in [0.2, 0.25) is 6.29 Å². The average Bonchev–Trinajstić information content (AvgIpc) is 2.43. The van der Waals surface area contributed by atoms with E-state index in [-0.39, 0.29) is 11.4 Å². The third-order valence-corrected chi connectivity index (χ3v) is 3.07. The molecular formula is C12H14FNO6. The van der Waals surface area contributed by atoms with Gasteiger partial charge in [-0.05, 0) is 19.1 Å². The first kappa shape index (κ1) is 14.6. The summed E-state index contributed by atoms with van der Waals surface area (Å²) in [6, 6.07) is 5.02. The van der Waals surface area contributed by atoms with Crippen molar-refractivity contribution in [1.29, 1.82) is 0 Å². The summed E-state index contributed by atoms with van der Waals surface area (Å²) in [7, 11) is 0. The van der Waals surface area contributed by atoms with Gasteiger partial charge in [0.25, 0.3) is 5.69 Å². The predicted octanol–water partition coefficient (Wildman–Crippen LogP) is 0.778. The van der Waals surface area contributed by atoms with Crippen LogP contribution in [-0.2, 0) is 4.74 Å². The lowest BCUT2D eigenvalue weighted by atomic mass is 10.0. The number of hydrogen-bond donors (Lipinski definition) is 2. The number of hydrogen-bond acceptors (Lipinski definition) is 6. The lowest BCUT2D eigenvalue weighted by Crippen LogP contribution is -2.56. The van der Waals surface area contributed by atoms with E-state index < -0.39 is 35.7 Å². The predicted molar refractivity (Wildman–Crippen MR) is 65.0 cm³/mol. The van der Waals surface area contributed by atoms with Crippen LogP contribution in [0.3, 0.4) is 0 Å². The van der Waals surface area contributed by atoms with Gasteiger partial charge in [0.05, 0.1) is 11.0 Å². The van der Waals surface area contributed by atoms with Crippen molar-refractivity contribution >= 4 is 5.69 Å². The van der Waals surface area contributed by atoms with Gasteiger partial charge < -0.3 is 19.7 Å². The van der Waals surface area contributed by atoms with E-state index in [4.69, 9.17) is 9.47 Å². The molecule has 0 amide bonds. The number of aliphatic hydroxyl groups is 2. The Morgan fingerprint density at radius 1 is 1.30 bits per heavy atom. The Labute approximate surface area is 113 Å². The summed E-state index contributed by atoms with van der Waals surface area (Å²) >= 11 is 0. The molecule has 110 valence electrons. The second-order valence-corrected chi connectivity index (χ2v) is 4.50. The van der Waals surface area contributed by atoms with E-state index in [1.54, 1.807) is 0 Å². The highest BCUT2D eigenvalue weighted by Gasteiger charge is 2.44. The van der Waals surface area contributed by atoms with Crippen LogP contribution in [0.15, 0.2) is 24.3 Å². The summed E-state index contributed by atoms with van der Waals surface area (Å²) < 4.78 is 24.1. The van der Waals surface area contributed by atoms with Crippen molar-refractivity contribution in [3.8, 4) is 5.75 Å². The highest BCUT2D eigenvalue weighted by Crippen LogP contribution is 2.26. The molecule has 5 atom stereocenters. The maximum atomic E-state index is 13.8.